The fourth-order valence-electron chi connectivity index (χ4n) is 3.53. The molecule has 0 saturated heterocycles. The predicted molar refractivity (Wildman–Crippen MR) is 89.7 cm³/mol. The average molecular weight is 311 g/mol. The third kappa shape index (κ3) is 3.79. The highest BCUT2D eigenvalue weighted by molar-refractivity contribution is 5.78. The molecule has 2 aromatic carbocycles. The largest absolute Gasteiger partial charge is 0.355 e. The number of hydrogen-bond donors (Lipinski definition) is 1. The Labute approximate surface area is 136 Å². The molecule has 3 rings (SSSR count). The van der Waals surface area contributed by atoms with Crippen LogP contribution in [0.2, 0.25) is 0 Å². The second-order valence-corrected chi connectivity index (χ2v) is 6.43. The summed E-state index contributed by atoms with van der Waals surface area (Å²) in [6.45, 7) is 0.678. The van der Waals surface area contributed by atoms with Crippen molar-refractivity contribution in [1.29, 1.82) is 0 Å². The lowest BCUT2D eigenvalue weighted by molar-refractivity contribution is -0.120. The average Bonchev–Trinajstić information content (AvgIpc) is 3.06. The highest BCUT2D eigenvalue weighted by Crippen LogP contribution is 2.40. The van der Waals surface area contributed by atoms with Gasteiger partial charge in [-0.15, -0.1) is 0 Å². The van der Waals surface area contributed by atoms with Crippen molar-refractivity contribution in [3.63, 3.8) is 0 Å². The number of halogens is 1. The lowest BCUT2D eigenvalue weighted by Gasteiger charge is -2.30. The topological polar surface area (TPSA) is 29.1 Å². The molecule has 0 aromatic heterocycles. The van der Waals surface area contributed by atoms with Crippen LogP contribution < -0.4 is 5.32 Å². The molecule has 0 spiro atoms. The van der Waals surface area contributed by atoms with Crippen LogP contribution in [0.4, 0.5) is 4.39 Å². The number of benzene rings is 2. The van der Waals surface area contributed by atoms with Gasteiger partial charge in [0.1, 0.15) is 5.82 Å². The molecule has 23 heavy (non-hydrogen) atoms. The van der Waals surface area contributed by atoms with Crippen LogP contribution >= 0.6 is 0 Å². The van der Waals surface area contributed by atoms with E-state index >= 15 is 0 Å². The van der Waals surface area contributed by atoms with Gasteiger partial charge in [0.2, 0.25) is 5.91 Å². The molecule has 0 unspecified atom stereocenters. The van der Waals surface area contributed by atoms with Gasteiger partial charge in [-0.05, 0) is 36.1 Å². The summed E-state index contributed by atoms with van der Waals surface area (Å²) in [5.74, 6) is -0.276. The van der Waals surface area contributed by atoms with Gasteiger partial charge in [-0.25, -0.2) is 4.39 Å². The molecule has 2 aromatic rings. The SMILES string of the molecule is O=C(Cc1ccc(F)cc1)NCC1(c2ccccc2)CCCC1. The van der Waals surface area contributed by atoms with Gasteiger partial charge in [0.25, 0.3) is 0 Å². The summed E-state index contributed by atoms with van der Waals surface area (Å²) >= 11 is 0. The normalized spacial score (nSPS) is 16.2. The van der Waals surface area contributed by atoms with Crippen LogP contribution in [0.1, 0.15) is 36.8 Å². The van der Waals surface area contributed by atoms with Gasteiger partial charge < -0.3 is 5.32 Å². The van der Waals surface area contributed by atoms with Crippen LogP contribution in [0.15, 0.2) is 54.6 Å². The fourth-order valence-corrected chi connectivity index (χ4v) is 3.53. The van der Waals surface area contributed by atoms with E-state index in [2.05, 4.69) is 29.6 Å². The van der Waals surface area contributed by atoms with E-state index in [0.29, 0.717) is 13.0 Å². The minimum absolute atomic E-state index is 0.00110. The lowest BCUT2D eigenvalue weighted by atomic mass is 9.79. The maximum atomic E-state index is 12.9. The van der Waals surface area contributed by atoms with Crippen LogP contribution in [0.25, 0.3) is 0 Å². The fraction of sp³-hybridized carbons (Fsp3) is 0.350. The molecule has 1 aliphatic rings. The van der Waals surface area contributed by atoms with Crippen LogP contribution in [-0.4, -0.2) is 12.5 Å². The standard InChI is InChI=1S/C20H22FNO/c21-18-10-8-16(9-11-18)14-19(23)22-15-20(12-4-5-13-20)17-6-2-1-3-7-17/h1-3,6-11H,4-5,12-15H2,(H,22,23). The molecule has 2 nitrogen and oxygen atoms in total. The van der Waals surface area contributed by atoms with E-state index in [-0.39, 0.29) is 17.1 Å². The molecule has 1 aliphatic carbocycles. The maximum Gasteiger partial charge on any atom is 0.224 e. The van der Waals surface area contributed by atoms with E-state index in [1.54, 1.807) is 12.1 Å². The second-order valence-electron chi connectivity index (χ2n) is 6.43. The monoisotopic (exact) mass is 311 g/mol. The Hall–Kier alpha value is -2.16. The third-order valence-corrected chi connectivity index (χ3v) is 4.85. The van der Waals surface area contributed by atoms with Crippen LogP contribution in [-0.2, 0) is 16.6 Å². The molecule has 0 atom stereocenters. The molecular weight excluding hydrogens is 289 g/mol. The summed E-state index contributed by atoms with van der Waals surface area (Å²) < 4.78 is 12.9. The van der Waals surface area contributed by atoms with Crippen molar-refractivity contribution in [3.8, 4) is 0 Å². The van der Waals surface area contributed by atoms with Gasteiger partial charge in [-0.1, -0.05) is 55.3 Å². The third-order valence-electron chi connectivity index (χ3n) is 4.85. The van der Waals surface area contributed by atoms with Crippen LogP contribution in [0.3, 0.4) is 0 Å². The van der Waals surface area contributed by atoms with Crippen molar-refractivity contribution < 1.29 is 9.18 Å². The smallest absolute Gasteiger partial charge is 0.224 e. The summed E-state index contributed by atoms with van der Waals surface area (Å²) in [6, 6.07) is 16.6. The van der Waals surface area contributed by atoms with Crippen molar-refractivity contribution in [1.82, 2.24) is 5.32 Å². The quantitative estimate of drug-likeness (QED) is 0.888. The van der Waals surface area contributed by atoms with Gasteiger partial charge in [0.15, 0.2) is 0 Å². The Morgan fingerprint density at radius 3 is 2.30 bits per heavy atom. The highest BCUT2D eigenvalue weighted by atomic mass is 19.1. The molecule has 1 saturated carbocycles. The minimum atomic E-state index is -0.275. The number of nitrogens with one attached hydrogen (secondary N) is 1. The van der Waals surface area contributed by atoms with Crippen molar-refractivity contribution in [2.75, 3.05) is 6.54 Å². The highest BCUT2D eigenvalue weighted by Gasteiger charge is 2.35. The first-order valence-corrected chi connectivity index (χ1v) is 8.25. The van der Waals surface area contributed by atoms with Crippen molar-refractivity contribution in [3.05, 3.63) is 71.5 Å². The predicted octanol–water partition coefficient (Wildman–Crippen LogP) is 4.00. The van der Waals surface area contributed by atoms with Gasteiger partial charge in [-0.3, -0.25) is 4.79 Å². The van der Waals surface area contributed by atoms with Gasteiger partial charge in [0, 0.05) is 12.0 Å². The molecule has 3 heteroatoms. The van der Waals surface area contributed by atoms with E-state index in [1.165, 1.54) is 30.5 Å². The molecular formula is C20H22FNO. The van der Waals surface area contributed by atoms with E-state index in [4.69, 9.17) is 0 Å². The Balaban J connectivity index is 1.63. The van der Waals surface area contributed by atoms with E-state index in [0.717, 1.165) is 18.4 Å². The first-order valence-electron chi connectivity index (χ1n) is 8.25. The number of amides is 1. The van der Waals surface area contributed by atoms with E-state index in [9.17, 15) is 9.18 Å². The van der Waals surface area contributed by atoms with Gasteiger partial charge in [-0.2, -0.15) is 0 Å². The first kappa shape index (κ1) is 15.7. The number of carbonyl (C=O) groups is 1. The summed E-state index contributed by atoms with van der Waals surface area (Å²) in [4.78, 5) is 12.2. The van der Waals surface area contributed by atoms with E-state index < -0.39 is 0 Å². The van der Waals surface area contributed by atoms with Gasteiger partial charge >= 0.3 is 0 Å². The molecule has 120 valence electrons. The Bertz CT molecular complexity index is 645. The Kier molecular flexibility index (Phi) is 4.75. The Morgan fingerprint density at radius 1 is 1.00 bits per heavy atom. The molecule has 0 heterocycles. The molecule has 0 radical (unpaired) electrons. The lowest BCUT2D eigenvalue weighted by Crippen LogP contribution is -2.39. The summed E-state index contributed by atoms with van der Waals surface area (Å²) in [7, 11) is 0. The van der Waals surface area contributed by atoms with Crippen LogP contribution in [0.5, 0.6) is 0 Å². The van der Waals surface area contributed by atoms with Crippen molar-refractivity contribution >= 4 is 5.91 Å². The van der Waals surface area contributed by atoms with Crippen LogP contribution in [0, 0.1) is 5.82 Å². The second kappa shape index (κ2) is 6.95. The van der Waals surface area contributed by atoms with E-state index in [1.807, 2.05) is 6.07 Å². The first-order chi connectivity index (χ1) is 11.2. The maximum absolute atomic E-state index is 12.9. The zero-order chi connectivity index (χ0) is 16.1. The Morgan fingerprint density at radius 2 is 1.65 bits per heavy atom. The zero-order valence-electron chi connectivity index (χ0n) is 13.2. The molecule has 1 N–H and O–H groups in total. The zero-order valence-corrected chi connectivity index (χ0v) is 13.2. The van der Waals surface area contributed by atoms with Gasteiger partial charge in [0.05, 0.1) is 6.42 Å². The molecule has 0 bridgehead atoms. The van der Waals surface area contributed by atoms with Crippen molar-refractivity contribution in [2.24, 2.45) is 0 Å². The summed E-state index contributed by atoms with van der Waals surface area (Å²) in [5.41, 5.74) is 2.23. The molecule has 1 amide bonds. The summed E-state index contributed by atoms with van der Waals surface area (Å²) in [6.07, 6.45) is 4.96. The van der Waals surface area contributed by atoms with Crippen molar-refractivity contribution in [2.45, 2.75) is 37.5 Å². The number of carbonyl (C=O) groups excluding carboxylic acids is 1. The molecule has 1 fully saturated rings. The summed E-state index contributed by atoms with van der Waals surface area (Å²) in [5, 5.41) is 3.09. The molecule has 0 aliphatic heterocycles. The number of rotatable bonds is 5. The minimum Gasteiger partial charge on any atom is -0.355 e. The number of hydrogen-bond acceptors (Lipinski definition) is 1.